The first-order chi connectivity index (χ1) is 58.9. The first-order valence-corrected chi connectivity index (χ1v) is 46.8. The highest BCUT2D eigenvalue weighted by Crippen LogP contribution is 2.51. The van der Waals surface area contributed by atoms with Crippen LogP contribution in [0, 0.1) is 11.3 Å². The molecule has 1 aliphatic carbocycles. The third-order valence-corrected chi connectivity index (χ3v) is 30.3. The van der Waals surface area contributed by atoms with Crippen LogP contribution in [0.5, 0.6) is 11.5 Å². The van der Waals surface area contributed by atoms with E-state index in [1.165, 1.54) is 5.69 Å². The maximum atomic E-state index is 13.9. The van der Waals surface area contributed by atoms with Crippen LogP contribution in [0.2, 0.25) is 0 Å². The molecule has 11 aliphatic rings. The number of piperidine rings is 3. The molecule has 652 valence electrons. The van der Waals surface area contributed by atoms with E-state index in [-0.39, 0.29) is 124 Å². The van der Waals surface area contributed by atoms with Gasteiger partial charge in [0.1, 0.15) is 16.1 Å². The summed E-state index contributed by atoms with van der Waals surface area (Å²) in [5.41, 5.74) is 10.6. The number of nitrogens with one attached hydrogen (secondary N) is 3. The standard InChI is InChI=1S/C36H50N6O3S.C31H40N4O5S.C27H30N4O3S.H2/c1-36(2,3)16-20-42-33(44)31(46-34(42)27-9-11-28(12-10-27)39-23-21-38(4)22-24-39)25-32(43)40-17-14-29(15-18-40)41-19-13-26-7-5-6-8-30(26)37-35(41)45;1-20(2)11-16-34-29(37)27(41-30(34)21-9-10-25(39-3)26(17-21)40-4)18-28(36)33-14-12-23(13-15-33)35-19-22-7-5-6-8-24(22)32-31(35)38;32-24(16-23-25(33)31(21-10-11-21)26(35-23)18-6-2-1-3-7-18)29-14-12-20(13-15-29)30-17-19-8-4-5-9-22(19)28-27(30)34;/h5-12,29,31,34H,13-25H2,1-4H3,(H,37,45);5-10,17,20,23,27,30H,11-16,18-19H2,1-4H3,(H,32,38);1-9,20-21,23,26H,10-17H2,(H,28,34);1H. The van der Waals surface area contributed by atoms with Crippen LogP contribution >= 0.6 is 35.3 Å². The SMILES string of the molecule is CN1CCN(c2ccc(C3SC(CC(=O)N4CCC(N5CCc6ccccc6NC5=O)CC4)C(=O)N3CCC(C)(C)C)cc2)CC1.COc1ccc(C2SC(CC(=O)N3CCC(N4Cc5ccccc5NC4=O)CC3)C(=O)N2CCC(C)C)cc1OC.O=C(CC1SC(c2ccccc2)N(C2CC2)C1=O)N1CCC(N2Cc3ccccc3NC2=O)CC1.[HH]. The van der Waals surface area contributed by atoms with Gasteiger partial charge in [-0.15, -0.1) is 35.3 Å². The quantitative estimate of drug-likeness (QED) is 0.0606. The van der Waals surface area contributed by atoms with Gasteiger partial charge in [-0.1, -0.05) is 138 Å². The fourth-order valence-corrected chi connectivity index (χ4v) is 22.8. The molecule has 3 N–H and O–H groups in total. The molecule has 0 bridgehead atoms. The molecule has 28 heteroatoms. The number of piperazine rings is 1. The zero-order valence-electron chi connectivity index (χ0n) is 71.8. The van der Waals surface area contributed by atoms with E-state index in [9.17, 15) is 43.2 Å². The fraction of sp³-hybridized carbons (Fsp3) is 0.521. The number of urea groups is 3. The van der Waals surface area contributed by atoms with Crippen molar-refractivity contribution in [1.82, 2.24) is 49.0 Å². The van der Waals surface area contributed by atoms with Gasteiger partial charge in [-0.2, -0.15) is 0 Å². The lowest BCUT2D eigenvalue weighted by atomic mass is 9.92. The van der Waals surface area contributed by atoms with Crippen LogP contribution in [0.15, 0.2) is 146 Å². The van der Waals surface area contributed by atoms with Gasteiger partial charge in [0.05, 0.1) is 30.0 Å². The third kappa shape index (κ3) is 20.6. The van der Waals surface area contributed by atoms with Gasteiger partial charge in [-0.3, -0.25) is 28.8 Å². The van der Waals surface area contributed by atoms with E-state index in [1.807, 2.05) is 147 Å². The molecule has 0 radical (unpaired) electrons. The predicted molar refractivity (Wildman–Crippen MR) is 484 cm³/mol. The van der Waals surface area contributed by atoms with Gasteiger partial charge in [0.25, 0.3) is 0 Å². The number of likely N-dealkylation sites (tertiary alicyclic amines) is 3. The molecule has 10 heterocycles. The molecule has 6 unspecified atom stereocenters. The molecular formula is C94H122N14O11S3. The second-order valence-electron chi connectivity index (χ2n) is 35.8. The first kappa shape index (κ1) is 87.3. The minimum absolute atomic E-state index is 0. The lowest BCUT2D eigenvalue weighted by Gasteiger charge is -2.40. The van der Waals surface area contributed by atoms with E-state index in [0.717, 1.165) is 147 Å². The van der Waals surface area contributed by atoms with Crippen molar-refractivity contribution in [3.63, 3.8) is 0 Å². The zero-order chi connectivity index (χ0) is 85.5. The number of rotatable bonds is 21. The third-order valence-electron chi connectivity index (χ3n) is 25.9. The van der Waals surface area contributed by atoms with Crippen molar-refractivity contribution in [2.75, 3.05) is 127 Å². The van der Waals surface area contributed by atoms with Crippen molar-refractivity contribution in [2.24, 2.45) is 11.3 Å². The number of para-hydroxylation sites is 3. The van der Waals surface area contributed by atoms with Gasteiger partial charge in [-0.05, 0) is 165 Å². The summed E-state index contributed by atoms with van der Waals surface area (Å²) >= 11 is 4.80. The Hall–Kier alpha value is -9.64. The van der Waals surface area contributed by atoms with Crippen molar-refractivity contribution in [1.29, 1.82) is 0 Å². The highest BCUT2D eigenvalue weighted by atomic mass is 32.2. The molecule has 6 aromatic carbocycles. The second kappa shape index (κ2) is 39.1. The topological polar surface area (TPSA) is 244 Å². The first-order valence-electron chi connectivity index (χ1n) is 43.9. The van der Waals surface area contributed by atoms with Crippen LogP contribution in [-0.4, -0.2) is 249 Å². The molecule has 7 saturated heterocycles. The normalized spacial score (nSPS) is 23.1. The number of hydrogen-bond acceptors (Lipinski definition) is 16. The maximum absolute atomic E-state index is 13.9. The number of nitrogens with zero attached hydrogens (tertiary/aromatic N) is 11. The molecule has 0 spiro atoms. The smallest absolute Gasteiger partial charge is 0.322 e. The Labute approximate surface area is 732 Å². The number of methoxy groups -OCH3 is 2. The molecular weight excluding hydrogens is 1600 g/mol. The van der Waals surface area contributed by atoms with Crippen molar-refractivity contribution in [3.8, 4) is 11.5 Å². The number of likely N-dealkylation sites (N-methyl/N-ethyl adjacent to an activating group) is 1. The van der Waals surface area contributed by atoms with Crippen molar-refractivity contribution < 1.29 is 54.1 Å². The molecule has 10 aliphatic heterocycles. The number of anilines is 4. The van der Waals surface area contributed by atoms with Crippen LogP contribution < -0.4 is 30.3 Å². The Morgan fingerprint density at radius 1 is 0.443 bits per heavy atom. The fourth-order valence-electron chi connectivity index (χ4n) is 18.4. The van der Waals surface area contributed by atoms with E-state index in [2.05, 4.69) is 110 Å². The summed E-state index contributed by atoms with van der Waals surface area (Å²) in [6, 6.07) is 48.8. The van der Waals surface area contributed by atoms with Crippen LogP contribution in [-0.2, 0) is 48.3 Å². The van der Waals surface area contributed by atoms with Gasteiger partial charge in [-0.25, -0.2) is 14.4 Å². The van der Waals surface area contributed by atoms with Crippen LogP contribution in [0.1, 0.15) is 169 Å². The van der Waals surface area contributed by atoms with Crippen molar-refractivity contribution in [3.05, 3.63) is 179 Å². The number of carbonyl (C=O) groups excluding carboxylic acids is 9. The number of amides is 12. The molecule has 12 amide bonds. The summed E-state index contributed by atoms with van der Waals surface area (Å²) in [5, 5.41) is 7.63. The predicted octanol–water partition coefficient (Wildman–Crippen LogP) is 14.9. The zero-order valence-corrected chi connectivity index (χ0v) is 74.3. The molecule has 6 atom stereocenters. The maximum Gasteiger partial charge on any atom is 0.322 e. The number of benzene rings is 6. The summed E-state index contributed by atoms with van der Waals surface area (Å²) in [6.45, 7) is 21.9. The van der Waals surface area contributed by atoms with E-state index < -0.39 is 5.25 Å². The summed E-state index contributed by atoms with van der Waals surface area (Å²) in [4.78, 5) is 142. The Morgan fingerprint density at radius 3 is 1.34 bits per heavy atom. The van der Waals surface area contributed by atoms with Crippen molar-refractivity contribution >= 4 is 112 Å². The molecule has 1 saturated carbocycles. The number of hydrogen-bond donors (Lipinski definition) is 3. The highest BCUT2D eigenvalue weighted by molar-refractivity contribution is 8.01. The summed E-state index contributed by atoms with van der Waals surface area (Å²) in [7, 11) is 5.37. The van der Waals surface area contributed by atoms with Crippen LogP contribution in [0.4, 0.5) is 37.1 Å². The minimum atomic E-state index is -0.435. The molecule has 17 rings (SSSR count). The van der Waals surface area contributed by atoms with Gasteiger partial charge in [0.2, 0.25) is 35.4 Å². The van der Waals surface area contributed by atoms with Crippen LogP contribution in [0.25, 0.3) is 0 Å². The Morgan fingerprint density at radius 2 is 0.861 bits per heavy atom. The van der Waals surface area contributed by atoms with E-state index in [1.54, 1.807) is 49.5 Å². The van der Waals surface area contributed by atoms with Crippen LogP contribution in [0.3, 0.4) is 0 Å². The molecule has 6 aromatic rings. The van der Waals surface area contributed by atoms with E-state index >= 15 is 0 Å². The molecule has 8 fully saturated rings. The summed E-state index contributed by atoms with van der Waals surface area (Å²) < 4.78 is 10.9. The van der Waals surface area contributed by atoms with Crippen molar-refractivity contribution in [2.45, 2.75) is 194 Å². The van der Waals surface area contributed by atoms with Gasteiger partial charge in [0.15, 0.2) is 11.5 Å². The summed E-state index contributed by atoms with van der Waals surface area (Å²) in [5.74, 6) is 2.00. The Bertz CT molecular complexity index is 4740. The van der Waals surface area contributed by atoms with E-state index in [4.69, 9.17) is 9.47 Å². The molecule has 25 nitrogen and oxygen atoms in total. The summed E-state index contributed by atoms with van der Waals surface area (Å²) in [6.07, 6.45) is 9.82. The Kier molecular flexibility index (Phi) is 27.9. The Balaban J connectivity index is 0.000000151. The monoisotopic (exact) mass is 1720 g/mol. The average molecular weight is 1720 g/mol. The highest BCUT2D eigenvalue weighted by Gasteiger charge is 2.50. The average Bonchev–Trinajstić information content (AvgIpc) is 1.61. The molecule has 122 heavy (non-hydrogen) atoms. The number of carbonyl (C=O) groups is 9. The largest absolute Gasteiger partial charge is 0.493 e. The van der Waals surface area contributed by atoms with E-state index in [0.29, 0.717) is 95.5 Å². The molecule has 0 aromatic heterocycles. The van der Waals surface area contributed by atoms with Gasteiger partial charge in [0, 0.05) is 166 Å². The van der Waals surface area contributed by atoms with Gasteiger partial charge < -0.3 is 79.3 Å². The number of fused-ring (bicyclic) bond motifs is 3. The number of ether oxygens (including phenoxy) is 2. The van der Waals surface area contributed by atoms with Gasteiger partial charge >= 0.3 is 18.1 Å². The lowest BCUT2D eigenvalue weighted by molar-refractivity contribution is -0.137. The lowest BCUT2D eigenvalue weighted by Crippen LogP contribution is -2.51. The minimum Gasteiger partial charge on any atom is -0.493 e. The second-order valence-corrected chi connectivity index (χ2v) is 39.6. The number of thioether (sulfide) groups is 3.